The molecule has 1 fully saturated rings. The number of ether oxygens (including phenoxy) is 1. The lowest BCUT2D eigenvalue weighted by Gasteiger charge is -2.13. The van der Waals surface area contributed by atoms with E-state index in [2.05, 4.69) is 31.4 Å². The molecule has 1 saturated heterocycles. The van der Waals surface area contributed by atoms with Gasteiger partial charge in [-0.1, -0.05) is 15.9 Å². The van der Waals surface area contributed by atoms with E-state index in [-0.39, 0.29) is 29.9 Å². The molecule has 0 atom stereocenters. The minimum absolute atomic E-state index is 0.0470. The molecule has 0 bridgehead atoms. The van der Waals surface area contributed by atoms with Crippen LogP contribution in [0.4, 0.5) is 15.8 Å². The van der Waals surface area contributed by atoms with Gasteiger partial charge in [-0.05, 0) is 90.1 Å². The number of hydrogen-bond acceptors (Lipinski definition) is 9. The molecule has 3 aromatic carbocycles. The highest BCUT2D eigenvalue weighted by Crippen LogP contribution is 2.36. The standard InChI is InChI=1S/C30H21BrFN5O6S/c31-21-5-12-26(43-18-28(38)34-23-8-6-22(32)7-9-23)20(14-21)15-27-29(39)36(17-25-2-1-13-42-25)30(44-27)35-33-16-19-3-10-24(11-4-19)37(40)41/h1-16H,17-18H2,(H,34,38)/b27-15-,33-16+,35-30-. The molecular weight excluding hydrogens is 657 g/mol. The monoisotopic (exact) mass is 677 g/mol. The molecular formula is C30H21BrFN5O6S. The van der Waals surface area contributed by atoms with Crippen molar-refractivity contribution in [1.82, 2.24) is 4.90 Å². The van der Waals surface area contributed by atoms with Crippen LogP contribution in [0.2, 0.25) is 0 Å². The van der Waals surface area contributed by atoms with Crippen molar-refractivity contribution in [3.05, 3.63) is 127 Å². The molecule has 2 heterocycles. The van der Waals surface area contributed by atoms with Crippen LogP contribution >= 0.6 is 27.7 Å². The van der Waals surface area contributed by atoms with E-state index in [9.17, 15) is 24.1 Å². The number of nitro benzene ring substituents is 1. The highest BCUT2D eigenvalue weighted by molar-refractivity contribution is 9.10. The van der Waals surface area contributed by atoms with Crippen molar-refractivity contribution in [1.29, 1.82) is 0 Å². The highest BCUT2D eigenvalue weighted by Gasteiger charge is 2.34. The molecule has 44 heavy (non-hydrogen) atoms. The van der Waals surface area contributed by atoms with Crippen molar-refractivity contribution in [2.24, 2.45) is 10.2 Å². The molecule has 0 saturated carbocycles. The van der Waals surface area contributed by atoms with Crippen molar-refractivity contribution < 1.29 is 28.1 Å². The first kappa shape index (κ1) is 30.4. The average molecular weight is 678 g/mol. The Balaban J connectivity index is 1.36. The summed E-state index contributed by atoms with van der Waals surface area (Å²) < 4.78 is 25.1. The number of halogens is 2. The van der Waals surface area contributed by atoms with Crippen LogP contribution in [0, 0.1) is 15.9 Å². The lowest BCUT2D eigenvalue weighted by Crippen LogP contribution is -2.28. The Morgan fingerprint density at radius 2 is 1.91 bits per heavy atom. The van der Waals surface area contributed by atoms with Crippen molar-refractivity contribution in [2.45, 2.75) is 6.54 Å². The lowest BCUT2D eigenvalue weighted by atomic mass is 10.2. The van der Waals surface area contributed by atoms with Crippen molar-refractivity contribution in [3.8, 4) is 5.75 Å². The Hall–Kier alpha value is -5.08. The summed E-state index contributed by atoms with van der Waals surface area (Å²) in [5.74, 6) is -0.336. The Kier molecular flexibility index (Phi) is 9.62. The van der Waals surface area contributed by atoms with Gasteiger partial charge in [0.15, 0.2) is 11.8 Å². The number of nitro groups is 1. The molecule has 4 aromatic rings. The molecule has 0 spiro atoms. The molecule has 1 N–H and O–H groups in total. The number of non-ortho nitro benzene ring substituents is 1. The fourth-order valence-electron chi connectivity index (χ4n) is 3.89. The van der Waals surface area contributed by atoms with Crippen molar-refractivity contribution in [2.75, 3.05) is 11.9 Å². The van der Waals surface area contributed by atoms with Gasteiger partial charge in [-0.15, -0.1) is 5.10 Å². The SMILES string of the molecule is O=C(COc1ccc(Br)cc1/C=C1\S/C(=N\N=C\c2ccc([N+](=O)[O-])cc2)N(Cc2ccco2)C1=O)Nc1ccc(F)cc1. The van der Waals surface area contributed by atoms with Crippen LogP contribution in [-0.4, -0.2) is 39.6 Å². The van der Waals surface area contributed by atoms with Gasteiger partial charge in [0.05, 0.1) is 28.9 Å². The van der Waals surface area contributed by atoms with Crippen LogP contribution in [0.15, 0.2) is 109 Å². The number of furan rings is 1. The van der Waals surface area contributed by atoms with E-state index in [4.69, 9.17) is 9.15 Å². The van der Waals surface area contributed by atoms with Crippen molar-refractivity contribution >= 4 is 68.3 Å². The highest BCUT2D eigenvalue weighted by atomic mass is 79.9. The van der Waals surface area contributed by atoms with Crippen LogP contribution in [-0.2, 0) is 16.1 Å². The molecule has 11 nitrogen and oxygen atoms in total. The fourth-order valence-corrected chi connectivity index (χ4v) is 5.19. The maximum absolute atomic E-state index is 13.5. The van der Waals surface area contributed by atoms with Gasteiger partial charge >= 0.3 is 0 Å². The largest absolute Gasteiger partial charge is 0.483 e. The van der Waals surface area contributed by atoms with Crippen LogP contribution < -0.4 is 10.1 Å². The molecule has 1 aliphatic rings. The fraction of sp³-hybridized carbons (Fsp3) is 0.0667. The molecule has 0 radical (unpaired) electrons. The Bertz CT molecular complexity index is 1780. The summed E-state index contributed by atoms with van der Waals surface area (Å²) in [4.78, 5) is 38.1. The Labute approximate surface area is 262 Å². The van der Waals surface area contributed by atoms with Gasteiger partial charge in [-0.25, -0.2) is 4.39 Å². The molecule has 2 amide bonds. The number of benzene rings is 3. The molecule has 0 aliphatic carbocycles. The zero-order chi connectivity index (χ0) is 31.1. The predicted molar refractivity (Wildman–Crippen MR) is 168 cm³/mol. The van der Waals surface area contributed by atoms with E-state index < -0.39 is 16.6 Å². The molecule has 14 heteroatoms. The van der Waals surface area contributed by atoms with Crippen molar-refractivity contribution in [3.63, 3.8) is 0 Å². The summed E-state index contributed by atoms with van der Waals surface area (Å²) >= 11 is 4.52. The maximum atomic E-state index is 13.5. The Morgan fingerprint density at radius 1 is 1.14 bits per heavy atom. The van der Waals surface area contributed by atoms with E-state index in [0.29, 0.717) is 33.2 Å². The number of rotatable bonds is 10. The van der Waals surface area contributed by atoms with Gasteiger partial charge in [0.2, 0.25) is 0 Å². The third-order valence-corrected chi connectivity index (χ3v) is 7.47. The summed E-state index contributed by atoms with van der Waals surface area (Å²) in [6, 6.07) is 19.7. The van der Waals surface area contributed by atoms with Crippen LogP contribution in [0.1, 0.15) is 16.9 Å². The van der Waals surface area contributed by atoms with Crippen LogP contribution in [0.25, 0.3) is 6.08 Å². The third kappa shape index (κ3) is 7.85. The topological polar surface area (TPSA) is 140 Å². The van der Waals surface area contributed by atoms with Gasteiger partial charge in [0.25, 0.3) is 17.5 Å². The number of amides is 2. The predicted octanol–water partition coefficient (Wildman–Crippen LogP) is 6.61. The van der Waals surface area contributed by atoms with E-state index in [1.54, 1.807) is 36.4 Å². The number of carbonyl (C=O) groups is 2. The quantitative estimate of drug-likeness (QED) is 0.0862. The Morgan fingerprint density at radius 3 is 2.61 bits per heavy atom. The first-order valence-electron chi connectivity index (χ1n) is 12.8. The summed E-state index contributed by atoms with van der Waals surface area (Å²) in [7, 11) is 0. The maximum Gasteiger partial charge on any atom is 0.269 e. The number of nitrogens with zero attached hydrogens (tertiary/aromatic N) is 4. The van der Waals surface area contributed by atoms with Crippen LogP contribution in [0.5, 0.6) is 5.75 Å². The van der Waals surface area contributed by atoms with E-state index in [1.165, 1.54) is 65.9 Å². The van der Waals surface area contributed by atoms with E-state index in [1.807, 2.05) is 0 Å². The lowest BCUT2D eigenvalue weighted by molar-refractivity contribution is -0.384. The van der Waals surface area contributed by atoms with Gasteiger partial charge in [0, 0.05) is 27.9 Å². The zero-order valence-corrected chi connectivity index (χ0v) is 25.0. The second kappa shape index (κ2) is 13.9. The minimum Gasteiger partial charge on any atom is -0.483 e. The van der Waals surface area contributed by atoms with E-state index in [0.717, 1.165) is 16.2 Å². The molecule has 5 rings (SSSR count). The first-order valence-corrected chi connectivity index (χ1v) is 14.4. The molecule has 1 aliphatic heterocycles. The molecule has 0 unspecified atom stereocenters. The van der Waals surface area contributed by atoms with Gasteiger partial charge in [-0.2, -0.15) is 5.10 Å². The number of carbonyl (C=O) groups excluding carboxylic acids is 2. The average Bonchev–Trinajstić information content (AvgIpc) is 3.62. The second-order valence-electron chi connectivity index (χ2n) is 9.08. The van der Waals surface area contributed by atoms with E-state index >= 15 is 0 Å². The van der Waals surface area contributed by atoms with Gasteiger partial charge < -0.3 is 14.5 Å². The minimum atomic E-state index is -0.493. The summed E-state index contributed by atoms with van der Waals surface area (Å²) in [5.41, 5.74) is 1.49. The summed E-state index contributed by atoms with van der Waals surface area (Å²) in [6.45, 7) is -0.224. The normalized spacial score (nSPS) is 15.0. The number of nitrogens with one attached hydrogen (secondary N) is 1. The van der Waals surface area contributed by atoms with Gasteiger partial charge in [0.1, 0.15) is 17.3 Å². The summed E-state index contributed by atoms with van der Waals surface area (Å²) in [6.07, 6.45) is 4.55. The number of hydrogen-bond donors (Lipinski definition) is 1. The smallest absolute Gasteiger partial charge is 0.269 e. The molecule has 1 aromatic heterocycles. The van der Waals surface area contributed by atoms with Gasteiger partial charge in [-0.3, -0.25) is 24.6 Å². The number of thioether (sulfide) groups is 1. The number of anilines is 1. The first-order chi connectivity index (χ1) is 21.2. The summed E-state index contributed by atoms with van der Waals surface area (Å²) in [5, 5.41) is 22.2. The van der Waals surface area contributed by atoms with Crippen LogP contribution in [0.3, 0.4) is 0 Å². The zero-order valence-electron chi connectivity index (χ0n) is 22.6. The molecule has 222 valence electrons. The number of amidine groups is 1. The third-order valence-electron chi connectivity index (χ3n) is 5.98. The second-order valence-corrected chi connectivity index (χ2v) is 11.0.